The van der Waals surface area contributed by atoms with Crippen LogP contribution in [0, 0.1) is 5.82 Å². The Labute approximate surface area is 127 Å². The Hall–Kier alpha value is -1.88. The standard InChI is InChI=1S/C16H18FNO2S/c1-4-12-6-8-15(21-12)10(2)18-11-5-7-14(17)13(9-11)16(19)20-3/h5-10,18H,4H2,1-3H3. The Balaban J connectivity index is 2.17. The van der Waals surface area contributed by atoms with Crippen molar-refractivity contribution in [1.29, 1.82) is 0 Å². The summed E-state index contributed by atoms with van der Waals surface area (Å²) in [5, 5.41) is 3.28. The summed E-state index contributed by atoms with van der Waals surface area (Å²) < 4.78 is 18.2. The molecule has 21 heavy (non-hydrogen) atoms. The van der Waals surface area contributed by atoms with Gasteiger partial charge in [0.1, 0.15) is 5.82 Å². The van der Waals surface area contributed by atoms with Crippen molar-refractivity contribution < 1.29 is 13.9 Å². The molecule has 1 aromatic heterocycles. The number of benzene rings is 1. The lowest BCUT2D eigenvalue weighted by molar-refractivity contribution is 0.0595. The fraction of sp³-hybridized carbons (Fsp3) is 0.312. The van der Waals surface area contributed by atoms with E-state index in [0.717, 1.165) is 6.42 Å². The molecule has 0 aliphatic carbocycles. The van der Waals surface area contributed by atoms with Crippen molar-refractivity contribution >= 4 is 23.0 Å². The molecule has 1 aromatic carbocycles. The molecule has 1 atom stereocenters. The van der Waals surface area contributed by atoms with Gasteiger partial charge in [0.15, 0.2) is 0 Å². The van der Waals surface area contributed by atoms with E-state index in [9.17, 15) is 9.18 Å². The summed E-state index contributed by atoms with van der Waals surface area (Å²) >= 11 is 1.75. The maximum atomic E-state index is 13.6. The topological polar surface area (TPSA) is 38.3 Å². The third kappa shape index (κ3) is 3.61. The van der Waals surface area contributed by atoms with Crippen molar-refractivity contribution in [3.63, 3.8) is 0 Å². The molecule has 112 valence electrons. The minimum absolute atomic E-state index is 0.0601. The first-order valence-electron chi connectivity index (χ1n) is 6.78. The summed E-state index contributed by atoms with van der Waals surface area (Å²) in [6.07, 6.45) is 1.01. The minimum Gasteiger partial charge on any atom is -0.465 e. The first kappa shape index (κ1) is 15.5. The third-order valence-electron chi connectivity index (χ3n) is 3.21. The largest absolute Gasteiger partial charge is 0.465 e. The molecule has 0 bridgehead atoms. The van der Waals surface area contributed by atoms with E-state index in [0.29, 0.717) is 5.69 Å². The number of hydrogen-bond acceptors (Lipinski definition) is 4. The molecule has 0 amide bonds. The van der Waals surface area contributed by atoms with E-state index in [4.69, 9.17) is 0 Å². The number of halogens is 1. The molecule has 0 saturated carbocycles. The molecule has 0 aliphatic rings. The molecule has 1 heterocycles. The molecule has 3 nitrogen and oxygen atoms in total. The van der Waals surface area contributed by atoms with E-state index in [1.165, 1.54) is 29.0 Å². The number of carbonyl (C=O) groups excluding carboxylic acids is 1. The van der Waals surface area contributed by atoms with E-state index in [1.54, 1.807) is 17.4 Å². The van der Waals surface area contributed by atoms with Gasteiger partial charge in [-0.2, -0.15) is 0 Å². The number of thiophene rings is 1. The third-order valence-corrected chi connectivity index (χ3v) is 4.62. The van der Waals surface area contributed by atoms with Crippen LogP contribution in [0.1, 0.15) is 40.0 Å². The van der Waals surface area contributed by atoms with Crippen molar-refractivity contribution in [2.24, 2.45) is 0 Å². The highest BCUT2D eigenvalue weighted by molar-refractivity contribution is 7.12. The van der Waals surface area contributed by atoms with Crippen LogP contribution in [0.3, 0.4) is 0 Å². The summed E-state index contributed by atoms with van der Waals surface area (Å²) in [4.78, 5) is 14.0. The van der Waals surface area contributed by atoms with E-state index >= 15 is 0 Å². The van der Waals surface area contributed by atoms with Gasteiger partial charge in [-0.3, -0.25) is 0 Å². The van der Waals surface area contributed by atoms with Gasteiger partial charge in [0.25, 0.3) is 0 Å². The molecule has 0 aliphatic heterocycles. The van der Waals surface area contributed by atoms with Gasteiger partial charge in [0, 0.05) is 15.4 Å². The maximum absolute atomic E-state index is 13.6. The van der Waals surface area contributed by atoms with Crippen LogP contribution in [0.4, 0.5) is 10.1 Å². The minimum atomic E-state index is -0.673. The van der Waals surface area contributed by atoms with Crippen LogP contribution in [-0.4, -0.2) is 13.1 Å². The van der Waals surface area contributed by atoms with Gasteiger partial charge in [0.2, 0.25) is 0 Å². The smallest absolute Gasteiger partial charge is 0.340 e. The van der Waals surface area contributed by atoms with E-state index < -0.39 is 11.8 Å². The molecule has 2 aromatic rings. The van der Waals surface area contributed by atoms with Gasteiger partial charge in [-0.05, 0) is 43.7 Å². The number of rotatable bonds is 5. The van der Waals surface area contributed by atoms with E-state index in [2.05, 4.69) is 29.1 Å². The average Bonchev–Trinajstić information content (AvgIpc) is 2.97. The van der Waals surface area contributed by atoms with Crippen molar-refractivity contribution in [2.45, 2.75) is 26.3 Å². The molecule has 1 unspecified atom stereocenters. The molecular formula is C16H18FNO2S. The van der Waals surface area contributed by atoms with Gasteiger partial charge in [-0.25, -0.2) is 9.18 Å². The van der Waals surface area contributed by atoms with Crippen molar-refractivity contribution in [3.05, 3.63) is 51.5 Å². The predicted molar refractivity (Wildman–Crippen MR) is 83.5 cm³/mol. The zero-order chi connectivity index (χ0) is 15.4. The van der Waals surface area contributed by atoms with Gasteiger partial charge >= 0.3 is 5.97 Å². The monoisotopic (exact) mass is 307 g/mol. The lowest BCUT2D eigenvalue weighted by Crippen LogP contribution is -2.08. The van der Waals surface area contributed by atoms with E-state index in [1.807, 2.05) is 6.92 Å². The van der Waals surface area contributed by atoms with Gasteiger partial charge in [-0.15, -0.1) is 11.3 Å². The van der Waals surface area contributed by atoms with Crippen molar-refractivity contribution in [3.8, 4) is 0 Å². The maximum Gasteiger partial charge on any atom is 0.340 e. The zero-order valence-corrected chi connectivity index (χ0v) is 13.1. The normalized spacial score (nSPS) is 12.0. The van der Waals surface area contributed by atoms with Gasteiger partial charge < -0.3 is 10.1 Å². The molecule has 1 N–H and O–H groups in total. The number of aryl methyl sites for hydroxylation is 1. The number of nitrogens with one attached hydrogen (secondary N) is 1. The predicted octanol–water partition coefficient (Wildman–Crippen LogP) is 4.41. The van der Waals surface area contributed by atoms with Gasteiger partial charge in [0.05, 0.1) is 18.7 Å². The van der Waals surface area contributed by atoms with Crippen molar-refractivity contribution in [1.82, 2.24) is 0 Å². The van der Waals surface area contributed by atoms with Crippen LogP contribution < -0.4 is 5.32 Å². The first-order chi connectivity index (χ1) is 10.0. The second-order valence-corrected chi connectivity index (χ2v) is 5.91. The average molecular weight is 307 g/mol. The number of anilines is 1. The first-order valence-corrected chi connectivity index (χ1v) is 7.59. The Morgan fingerprint density at radius 2 is 2.14 bits per heavy atom. The second-order valence-electron chi connectivity index (χ2n) is 4.71. The molecule has 0 fully saturated rings. The number of hydrogen-bond donors (Lipinski definition) is 1. The Morgan fingerprint density at radius 1 is 1.38 bits per heavy atom. The summed E-state index contributed by atoms with van der Waals surface area (Å²) in [6.45, 7) is 4.16. The lowest BCUT2D eigenvalue weighted by Gasteiger charge is -2.14. The SMILES string of the molecule is CCc1ccc(C(C)Nc2ccc(F)c(C(=O)OC)c2)s1. The van der Waals surface area contributed by atoms with Crippen molar-refractivity contribution in [2.75, 3.05) is 12.4 Å². The molecule has 2 rings (SSSR count). The Morgan fingerprint density at radius 3 is 2.76 bits per heavy atom. The van der Waals surface area contributed by atoms with Crippen LogP contribution in [0.5, 0.6) is 0 Å². The number of ether oxygens (including phenoxy) is 1. The van der Waals surface area contributed by atoms with Gasteiger partial charge in [-0.1, -0.05) is 6.92 Å². The van der Waals surface area contributed by atoms with Crippen LogP contribution in [-0.2, 0) is 11.2 Å². The van der Waals surface area contributed by atoms with E-state index in [-0.39, 0.29) is 11.6 Å². The van der Waals surface area contributed by atoms with Crippen LogP contribution >= 0.6 is 11.3 Å². The van der Waals surface area contributed by atoms with Crippen LogP contribution in [0.15, 0.2) is 30.3 Å². The summed E-state index contributed by atoms with van der Waals surface area (Å²) in [7, 11) is 1.24. The highest BCUT2D eigenvalue weighted by Gasteiger charge is 2.14. The summed E-state index contributed by atoms with van der Waals surface area (Å²) in [5.41, 5.74) is 0.630. The fourth-order valence-electron chi connectivity index (χ4n) is 2.02. The molecule has 5 heteroatoms. The molecule has 0 saturated heterocycles. The number of carbonyl (C=O) groups is 1. The summed E-state index contributed by atoms with van der Waals surface area (Å²) in [5.74, 6) is -1.25. The quantitative estimate of drug-likeness (QED) is 0.832. The molecule has 0 spiro atoms. The fourth-order valence-corrected chi connectivity index (χ4v) is 2.97. The van der Waals surface area contributed by atoms with Crippen LogP contribution in [0.25, 0.3) is 0 Å². The highest BCUT2D eigenvalue weighted by atomic mass is 32.1. The zero-order valence-electron chi connectivity index (χ0n) is 12.3. The van der Waals surface area contributed by atoms with Crippen LogP contribution in [0.2, 0.25) is 0 Å². The Kier molecular flexibility index (Phi) is 4.96. The second kappa shape index (κ2) is 6.72. The summed E-state index contributed by atoms with van der Waals surface area (Å²) in [6, 6.07) is 8.66. The molecule has 0 radical (unpaired) electrons. The molecular weight excluding hydrogens is 289 g/mol. The number of esters is 1. The lowest BCUT2D eigenvalue weighted by atomic mass is 10.1. The highest BCUT2D eigenvalue weighted by Crippen LogP contribution is 2.27. The number of methoxy groups -OCH3 is 1. The Bertz CT molecular complexity index is 639.